The van der Waals surface area contributed by atoms with Crippen molar-refractivity contribution >= 4 is 16.7 Å². The Morgan fingerprint density at radius 3 is 2.19 bits per heavy atom. The predicted octanol–water partition coefficient (Wildman–Crippen LogP) is 6.34. The third kappa shape index (κ3) is 3.97. The number of ether oxygens (including phenoxy) is 2. The molecule has 0 aliphatic heterocycles. The van der Waals surface area contributed by atoms with Crippen LogP contribution in [0.1, 0.15) is 35.3 Å². The highest BCUT2D eigenvalue weighted by molar-refractivity contribution is 5.92. The smallest absolute Gasteiger partial charge is 0.343 e. The number of esters is 1. The first-order valence-electron chi connectivity index (χ1n) is 10.4. The molecule has 31 heavy (non-hydrogen) atoms. The van der Waals surface area contributed by atoms with Gasteiger partial charge in [-0.1, -0.05) is 97.1 Å². The first-order chi connectivity index (χ1) is 15.0. The molecule has 0 spiro atoms. The summed E-state index contributed by atoms with van der Waals surface area (Å²) in [6.45, 7) is 3.80. The van der Waals surface area contributed by atoms with Crippen LogP contribution in [0.15, 0.2) is 97.1 Å². The molecule has 0 bridgehead atoms. The molecule has 0 aliphatic carbocycles. The third-order valence-corrected chi connectivity index (χ3v) is 5.90. The third-order valence-electron chi connectivity index (χ3n) is 5.90. The minimum atomic E-state index is -1.25. The number of fused-ring (bicyclic) bond motifs is 1. The number of rotatable bonds is 6. The van der Waals surface area contributed by atoms with Gasteiger partial charge in [-0.2, -0.15) is 0 Å². The van der Waals surface area contributed by atoms with Crippen molar-refractivity contribution in [3.05, 3.63) is 119 Å². The first kappa shape index (κ1) is 20.8. The fraction of sp³-hybridized carbons (Fsp3) is 0.179. The number of carbonyl (C=O) groups excluding carboxylic acids is 1. The zero-order chi connectivity index (χ0) is 21.8. The molecule has 0 amide bonds. The summed E-state index contributed by atoms with van der Waals surface area (Å²) in [5.74, 6) is -0.427. The van der Waals surface area contributed by atoms with Gasteiger partial charge in [-0.25, -0.2) is 4.79 Å². The van der Waals surface area contributed by atoms with Crippen LogP contribution in [-0.2, 0) is 19.9 Å². The molecule has 0 heterocycles. The second-order valence-electron chi connectivity index (χ2n) is 7.82. The van der Waals surface area contributed by atoms with E-state index in [-0.39, 0.29) is 0 Å². The van der Waals surface area contributed by atoms with Crippen LogP contribution < -0.4 is 0 Å². The summed E-state index contributed by atoms with van der Waals surface area (Å²) in [7, 11) is 1.55. The second kappa shape index (κ2) is 8.75. The van der Waals surface area contributed by atoms with E-state index in [0.29, 0.717) is 0 Å². The van der Waals surface area contributed by atoms with Gasteiger partial charge in [0.2, 0.25) is 0 Å². The van der Waals surface area contributed by atoms with Gasteiger partial charge in [0.25, 0.3) is 0 Å². The van der Waals surface area contributed by atoms with Crippen molar-refractivity contribution in [3.63, 3.8) is 0 Å². The number of hydrogen-bond donors (Lipinski definition) is 0. The van der Waals surface area contributed by atoms with E-state index < -0.39 is 17.7 Å². The van der Waals surface area contributed by atoms with Crippen molar-refractivity contribution in [2.24, 2.45) is 0 Å². The number of hydrogen-bond acceptors (Lipinski definition) is 3. The molecule has 0 unspecified atom stereocenters. The zero-order valence-corrected chi connectivity index (χ0v) is 18.0. The average molecular weight is 411 g/mol. The van der Waals surface area contributed by atoms with Crippen LogP contribution >= 0.6 is 0 Å². The highest BCUT2D eigenvalue weighted by atomic mass is 16.6. The monoisotopic (exact) mass is 410 g/mol. The topological polar surface area (TPSA) is 35.5 Å². The minimum absolute atomic E-state index is 0.427. The van der Waals surface area contributed by atoms with Gasteiger partial charge < -0.3 is 9.47 Å². The highest BCUT2D eigenvalue weighted by Crippen LogP contribution is 2.36. The highest BCUT2D eigenvalue weighted by Gasteiger charge is 2.40. The SMILES string of the molecule is CO[C@](C)(C(=O)O[C@H](c1ccccc1)c1ccccc1C)c1cccc2ccccc12. The Morgan fingerprint density at radius 1 is 0.806 bits per heavy atom. The fourth-order valence-electron chi connectivity index (χ4n) is 3.98. The maximum Gasteiger partial charge on any atom is 0.343 e. The van der Waals surface area contributed by atoms with Gasteiger partial charge in [0, 0.05) is 12.7 Å². The molecule has 156 valence electrons. The van der Waals surface area contributed by atoms with Gasteiger partial charge in [0.1, 0.15) is 0 Å². The Kier molecular flexibility index (Phi) is 5.88. The summed E-state index contributed by atoms with van der Waals surface area (Å²) in [5.41, 5.74) is 2.47. The lowest BCUT2D eigenvalue weighted by atomic mass is 9.90. The Morgan fingerprint density at radius 2 is 1.45 bits per heavy atom. The van der Waals surface area contributed by atoms with Crippen LogP contribution in [0.5, 0.6) is 0 Å². The molecule has 0 radical (unpaired) electrons. The predicted molar refractivity (Wildman–Crippen MR) is 124 cm³/mol. The Bertz CT molecular complexity index is 1190. The van der Waals surface area contributed by atoms with Gasteiger partial charge in [-0.3, -0.25) is 0 Å². The molecule has 0 aromatic heterocycles. The molecule has 0 saturated heterocycles. The summed E-state index contributed by atoms with van der Waals surface area (Å²) < 4.78 is 12.0. The summed E-state index contributed by atoms with van der Waals surface area (Å²) >= 11 is 0. The van der Waals surface area contributed by atoms with Gasteiger partial charge >= 0.3 is 5.97 Å². The van der Waals surface area contributed by atoms with E-state index >= 15 is 0 Å². The van der Waals surface area contributed by atoms with Gasteiger partial charge in [-0.05, 0) is 41.3 Å². The van der Waals surface area contributed by atoms with Crippen molar-refractivity contribution < 1.29 is 14.3 Å². The molecule has 0 N–H and O–H groups in total. The van der Waals surface area contributed by atoms with E-state index in [2.05, 4.69) is 0 Å². The molecule has 0 fully saturated rings. The van der Waals surface area contributed by atoms with Gasteiger partial charge in [-0.15, -0.1) is 0 Å². The summed E-state index contributed by atoms with van der Waals surface area (Å²) in [4.78, 5) is 13.7. The first-order valence-corrected chi connectivity index (χ1v) is 10.4. The van der Waals surface area contributed by atoms with Crippen LogP contribution in [-0.4, -0.2) is 13.1 Å². The van der Waals surface area contributed by atoms with Gasteiger partial charge in [0.05, 0.1) is 0 Å². The van der Waals surface area contributed by atoms with Crippen LogP contribution in [0.2, 0.25) is 0 Å². The number of benzene rings is 4. The summed E-state index contributed by atoms with van der Waals surface area (Å²) in [6.07, 6.45) is -0.528. The molecule has 3 heteroatoms. The second-order valence-corrected chi connectivity index (χ2v) is 7.82. The number of aryl methyl sites for hydroxylation is 1. The standard InChI is InChI=1S/C28H26O3/c1-20-12-7-9-17-23(20)26(22-14-5-4-6-15-22)31-27(29)28(2,30-3)25-19-11-16-21-13-8-10-18-24(21)25/h4-19,26H,1-3H3/t26-,28+/m1/s1. The minimum Gasteiger partial charge on any atom is -0.450 e. The quantitative estimate of drug-likeness (QED) is 0.348. The Labute approximate surface area is 183 Å². The molecule has 4 aromatic carbocycles. The molecule has 0 saturated carbocycles. The molecule has 2 atom stereocenters. The largest absolute Gasteiger partial charge is 0.450 e. The van der Waals surface area contributed by atoms with E-state index in [9.17, 15) is 4.79 Å². The summed E-state index contributed by atoms with van der Waals surface area (Å²) in [6, 6.07) is 31.7. The Hall–Kier alpha value is -3.43. The molecule has 0 aliphatic rings. The lowest BCUT2D eigenvalue weighted by Gasteiger charge is -2.30. The maximum atomic E-state index is 13.7. The van der Waals surface area contributed by atoms with Crippen LogP contribution in [0, 0.1) is 6.92 Å². The number of carbonyl (C=O) groups is 1. The lowest BCUT2D eigenvalue weighted by molar-refractivity contribution is -0.172. The molecular weight excluding hydrogens is 384 g/mol. The summed E-state index contributed by atoms with van der Waals surface area (Å²) in [5, 5.41) is 2.02. The zero-order valence-electron chi connectivity index (χ0n) is 18.0. The van der Waals surface area contributed by atoms with Gasteiger partial charge in [0.15, 0.2) is 11.7 Å². The maximum absolute atomic E-state index is 13.7. The van der Waals surface area contributed by atoms with Crippen LogP contribution in [0.3, 0.4) is 0 Å². The average Bonchev–Trinajstić information content (AvgIpc) is 2.82. The number of methoxy groups -OCH3 is 1. The lowest BCUT2D eigenvalue weighted by Crippen LogP contribution is -2.37. The van der Waals surface area contributed by atoms with Crippen molar-refractivity contribution in [1.82, 2.24) is 0 Å². The fourth-order valence-corrected chi connectivity index (χ4v) is 3.98. The molecule has 4 rings (SSSR count). The Balaban J connectivity index is 1.77. The normalized spacial score (nSPS) is 14.0. The van der Waals surface area contributed by atoms with Crippen molar-refractivity contribution in [2.45, 2.75) is 25.6 Å². The molecular formula is C28H26O3. The van der Waals surface area contributed by atoms with E-state index in [1.807, 2.05) is 104 Å². The van der Waals surface area contributed by atoms with E-state index in [1.54, 1.807) is 14.0 Å². The molecule has 3 nitrogen and oxygen atoms in total. The van der Waals surface area contributed by atoms with Crippen LogP contribution in [0.4, 0.5) is 0 Å². The van der Waals surface area contributed by atoms with E-state index in [0.717, 1.165) is 33.0 Å². The van der Waals surface area contributed by atoms with Crippen LogP contribution in [0.25, 0.3) is 10.8 Å². The van der Waals surface area contributed by atoms with E-state index in [1.165, 1.54) is 0 Å². The molecule has 4 aromatic rings. The van der Waals surface area contributed by atoms with E-state index in [4.69, 9.17) is 9.47 Å². The van der Waals surface area contributed by atoms with Crippen molar-refractivity contribution in [1.29, 1.82) is 0 Å². The van der Waals surface area contributed by atoms with Crippen molar-refractivity contribution in [3.8, 4) is 0 Å². The van der Waals surface area contributed by atoms with Crippen molar-refractivity contribution in [2.75, 3.05) is 7.11 Å².